The molecule has 0 bridgehead atoms. The standard InChI is InChI=1S/C15H19BrFN3O/c1-20-7-2-3-10(6-8-20)14(21)15(18)19-11-4-5-13(17)12(16)9-11/h4-5,9-10H,2-3,6-8H2,1H3,(H2,18,19)/p+1. The summed E-state index contributed by atoms with van der Waals surface area (Å²) in [7, 11) is 2.06. The molecule has 1 heterocycles. The molecule has 0 aromatic heterocycles. The summed E-state index contributed by atoms with van der Waals surface area (Å²) >= 11 is 3.11. The van der Waals surface area contributed by atoms with E-state index in [1.165, 1.54) is 6.07 Å². The number of nitrogens with zero attached hydrogens (tertiary/aromatic N) is 1. The first-order chi connectivity index (χ1) is 9.97. The second-order valence-corrected chi connectivity index (χ2v) is 6.32. The van der Waals surface area contributed by atoms with Crippen LogP contribution >= 0.6 is 15.9 Å². The first-order valence-corrected chi connectivity index (χ1v) is 7.84. The molecule has 3 N–H and O–H groups in total. The van der Waals surface area contributed by atoms with Crippen molar-refractivity contribution in [1.82, 2.24) is 4.90 Å². The van der Waals surface area contributed by atoms with Crippen LogP contribution in [0, 0.1) is 11.7 Å². The first kappa shape index (κ1) is 16.1. The summed E-state index contributed by atoms with van der Waals surface area (Å²) in [5, 5.41) is 0. The number of nitrogens with one attached hydrogen (secondary N) is 1. The van der Waals surface area contributed by atoms with E-state index in [0.29, 0.717) is 10.2 Å². The van der Waals surface area contributed by atoms with Gasteiger partial charge in [0.1, 0.15) is 11.5 Å². The molecule has 0 amide bonds. The zero-order valence-corrected chi connectivity index (χ0v) is 13.6. The predicted octanol–water partition coefficient (Wildman–Crippen LogP) is 0.958. The fraction of sp³-hybridized carbons (Fsp3) is 0.467. The van der Waals surface area contributed by atoms with Crippen LogP contribution < -0.4 is 10.7 Å². The summed E-state index contributed by atoms with van der Waals surface area (Å²) in [5.74, 6) is -0.308. The van der Waals surface area contributed by atoms with Gasteiger partial charge < -0.3 is 4.90 Å². The van der Waals surface area contributed by atoms with E-state index >= 15 is 0 Å². The van der Waals surface area contributed by atoms with Gasteiger partial charge in [0, 0.05) is 12.0 Å². The number of rotatable bonds is 3. The van der Waals surface area contributed by atoms with Crippen LogP contribution in [0.1, 0.15) is 19.3 Å². The fourth-order valence-corrected chi connectivity index (χ4v) is 2.89. The van der Waals surface area contributed by atoms with Crippen molar-refractivity contribution in [2.75, 3.05) is 20.1 Å². The van der Waals surface area contributed by atoms with Crippen molar-refractivity contribution in [2.24, 2.45) is 11.7 Å². The molecule has 1 aliphatic rings. The van der Waals surface area contributed by atoms with Gasteiger partial charge in [0.15, 0.2) is 0 Å². The van der Waals surface area contributed by atoms with E-state index < -0.39 is 0 Å². The molecule has 0 aliphatic carbocycles. The van der Waals surface area contributed by atoms with Gasteiger partial charge in [-0.1, -0.05) is 0 Å². The second-order valence-electron chi connectivity index (χ2n) is 5.46. The molecular weight excluding hydrogens is 337 g/mol. The molecule has 21 heavy (non-hydrogen) atoms. The molecule has 0 spiro atoms. The Morgan fingerprint density at radius 2 is 2.19 bits per heavy atom. The Kier molecular flexibility index (Phi) is 5.47. The highest BCUT2D eigenvalue weighted by Gasteiger charge is 2.27. The monoisotopic (exact) mass is 356 g/mol. The molecule has 1 aliphatic heterocycles. The van der Waals surface area contributed by atoms with Crippen LogP contribution in [0.5, 0.6) is 0 Å². The van der Waals surface area contributed by atoms with Crippen LogP contribution in [-0.4, -0.2) is 36.7 Å². The van der Waals surface area contributed by atoms with Gasteiger partial charge in [-0.15, -0.1) is 0 Å². The summed E-state index contributed by atoms with van der Waals surface area (Å²) in [6.45, 7) is 1.92. The Bertz CT molecular complexity index is 562. The van der Waals surface area contributed by atoms with Crippen LogP contribution in [0.25, 0.3) is 0 Å². The van der Waals surface area contributed by atoms with E-state index in [-0.39, 0.29) is 23.4 Å². The smallest absolute Gasteiger partial charge is 0.306 e. The van der Waals surface area contributed by atoms with E-state index in [0.717, 1.165) is 32.4 Å². The van der Waals surface area contributed by atoms with Gasteiger partial charge in [-0.3, -0.25) is 10.5 Å². The van der Waals surface area contributed by atoms with E-state index in [2.05, 4.69) is 32.9 Å². The van der Waals surface area contributed by atoms with E-state index in [9.17, 15) is 9.18 Å². The Morgan fingerprint density at radius 3 is 2.90 bits per heavy atom. The second kappa shape index (κ2) is 7.13. The zero-order valence-electron chi connectivity index (χ0n) is 12.0. The Labute approximate surface area is 132 Å². The molecule has 2 rings (SSSR count). The average Bonchev–Trinajstić information content (AvgIpc) is 2.67. The van der Waals surface area contributed by atoms with Crippen LogP contribution in [0.4, 0.5) is 10.1 Å². The van der Waals surface area contributed by atoms with Crippen molar-refractivity contribution in [3.8, 4) is 0 Å². The number of likely N-dealkylation sites (tertiary alicyclic amines) is 1. The zero-order chi connectivity index (χ0) is 15.4. The highest BCUT2D eigenvalue weighted by Crippen LogP contribution is 2.18. The van der Waals surface area contributed by atoms with Gasteiger partial charge in [0.2, 0.25) is 5.78 Å². The SMILES string of the molecule is CN1CCCC(C(=O)C(N)=[NH+]c2ccc(F)c(Br)c2)CC1. The predicted molar refractivity (Wildman–Crippen MR) is 83.8 cm³/mol. The number of ketones is 1. The summed E-state index contributed by atoms with van der Waals surface area (Å²) < 4.78 is 13.5. The van der Waals surface area contributed by atoms with Gasteiger partial charge in [0.25, 0.3) is 0 Å². The number of hydrogen-bond donors (Lipinski definition) is 2. The van der Waals surface area contributed by atoms with E-state index in [4.69, 9.17) is 5.73 Å². The number of Topliss-reactive ketones (excluding diaryl/α,β-unsaturated/α-hetero) is 1. The van der Waals surface area contributed by atoms with Gasteiger partial charge in [-0.2, -0.15) is 0 Å². The quantitative estimate of drug-likeness (QED) is 0.626. The minimum Gasteiger partial charge on any atom is -0.306 e. The topological polar surface area (TPSA) is 60.3 Å². The molecule has 1 saturated heterocycles. The third kappa shape index (κ3) is 4.35. The normalized spacial score (nSPS) is 21.1. The maximum absolute atomic E-state index is 13.2. The highest BCUT2D eigenvalue weighted by atomic mass is 79.9. The number of carbonyl (C=O) groups is 1. The fourth-order valence-electron chi connectivity index (χ4n) is 2.51. The lowest BCUT2D eigenvalue weighted by molar-refractivity contribution is -0.354. The third-order valence-corrected chi connectivity index (χ3v) is 4.39. The summed E-state index contributed by atoms with van der Waals surface area (Å²) in [4.78, 5) is 17.5. The van der Waals surface area contributed by atoms with Crippen molar-refractivity contribution in [2.45, 2.75) is 19.3 Å². The first-order valence-electron chi connectivity index (χ1n) is 7.04. The maximum atomic E-state index is 13.2. The minimum atomic E-state index is -0.350. The molecule has 1 aromatic carbocycles. The van der Waals surface area contributed by atoms with Gasteiger partial charge in [0.05, 0.1) is 4.47 Å². The van der Waals surface area contributed by atoms with Crippen molar-refractivity contribution < 1.29 is 14.2 Å². The highest BCUT2D eigenvalue weighted by molar-refractivity contribution is 9.10. The molecule has 4 nitrogen and oxygen atoms in total. The summed E-state index contributed by atoms with van der Waals surface area (Å²) in [5.41, 5.74) is 6.48. The molecule has 0 radical (unpaired) electrons. The average molecular weight is 357 g/mol. The lowest BCUT2D eigenvalue weighted by Crippen LogP contribution is -2.72. The number of carbonyl (C=O) groups excluding carboxylic acids is 1. The number of benzene rings is 1. The van der Waals surface area contributed by atoms with E-state index in [1.54, 1.807) is 12.1 Å². The molecule has 1 unspecified atom stereocenters. The van der Waals surface area contributed by atoms with E-state index in [1.807, 2.05) is 0 Å². The van der Waals surface area contributed by atoms with Crippen molar-refractivity contribution in [3.63, 3.8) is 0 Å². The Hall–Kier alpha value is -1.27. The summed E-state index contributed by atoms with van der Waals surface area (Å²) in [6, 6.07) is 4.45. The third-order valence-electron chi connectivity index (χ3n) is 3.79. The van der Waals surface area contributed by atoms with Crippen molar-refractivity contribution in [1.29, 1.82) is 0 Å². The summed E-state index contributed by atoms with van der Waals surface area (Å²) in [6.07, 6.45) is 2.69. The van der Waals surface area contributed by atoms with Crippen molar-refractivity contribution in [3.05, 3.63) is 28.5 Å². The number of hydrogen-bond acceptors (Lipinski definition) is 2. The maximum Gasteiger partial charge on any atom is 0.314 e. The van der Waals surface area contributed by atoms with Crippen LogP contribution in [-0.2, 0) is 4.79 Å². The van der Waals surface area contributed by atoms with Crippen LogP contribution in [0.3, 0.4) is 0 Å². The number of halogens is 2. The Balaban J connectivity index is 2.10. The van der Waals surface area contributed by atoms with Gasteiger partial charge >= 0.3 is 5.84 Å². The van der Waals surface area contributed by atoms with Gasteiger partial charge in [-0.05, 0) is 67.5 Å². The Morgan fingerprint density at radius 1 is 1.43 bits per heavy atom. The molecule has 6 heteroatoms. The minimum absolute atomic E-state index is 0.0358. The molecule has 114 valence electrons. The molecular formula is C15H20BrFN3O+. The molecule has 1 fully saturated rings. The lowest BCUT2D eigenvalue weighted by atomic mass is 9.95. The molecule has 1 atom stereocenters. The molecule has 0 saturated carbocycles. The number of nitrogens with two attached hydrogens (primary N) is 1. The van der Waals surface area contributed by atoms with Gasteiger partial charge in [-0.25, -0.2) is 9.38 Å². The molecule has 1 aromatic rings. The largest absolute Gasteiger partial charge is 0.314 e. The number of amidine groups is 1. The van der Waals surface area contributed by atoms with Crippen LogP contribution in [0.2, 0.25) is 0 Å². The van der Waals surface area contributed by atoms with Crippen LogP contribution in [0.15, 0.2) is 22.7 Å². The van der Waals surface area contributed by atoms with Crippen molar-refractivity contribution >= 4 is 33.2 Å². The lowest BCUT2D eigenvalue weighted by Gasteiger charge is -2.12.